The van der Waals surface area contributed by atoms with Crippen molar-refractivity contribution in [1.82, 2.24) is 9.88 Å². The van der Waals surface area contributed by atoms with Crippen LogP contribution in [0.1, 0.15) is 6.42 Å². The van der Waals surface area contributed by atoms with E-state index in [2.05, 4.69) is 5.32 Å². The maximum Gasteiger partial charge on any atom is 0.229 e. The van der Waals surface area contributed by atoms with Crippen LogP contribution in [-0.2, 0) is 4.79 Å². The number of rotatable bonds is 1. The predicted octanol–water partition coefficient (Wildman–Crippen LogP) is 0.806. The lowest BCUT2D eigenvalue weighted by Crippen LogP contribution is -2.17. The van der Waals surface area contributed by atoms with E-state index in [9.17, 15) is 4.79 Å². The Morgan fingerprint density at radius 1 is 1.36 bits per heavy atom. The molecular formula is C8H8N2O. The van der Waals surface area contributed by atoms with E-state index < -0.39 is 0 Å². The van der Waals surface area contributed by atoms with Crippen molar-refractivity contribution in [2.24, 2.45) is 0 Å². The van der Waals surface area contributed by atoms with Crippen LogP contribution in [0.5, 0.6) is 0 Å². The molecule has 3 nitrogen and oxygen atoms in total. The Labute approximate surface area is 64.3 Å². The third-order valence-electron chi connectivity index (χ3n) is 1.63. The van der Waals surface area contributed by atoms with E-state index >= 15 is 0 Å². The number of amides is 1. The van der Waals surface area contributed by atoms with Crippen molar-refractivity contribution in [3.63, 3.8) is 0 Å². The molecule has 1 aliphatic rings. The molecule has 56 valence electrons. The highest BCUT2D eigenvalue weighted by Gasteiger charge is 2.11. The van der Waals surface area contributed by atoms with Gasteiger partial charge in [-0.05, 0) is 18.2 Å². The summed E-state index contributed by atoms with van der Waals surface area (Å²) in [7, 11) is 0. The quantitative estimate of drug-likeness (QED) is 0.628. The number of carbonyl (C=O) groups is 1. The van der Waals surface area contributed by atoms with Crippen molar-refractivity contribution in [3.05, 3.63) is 30.6 Å². The van der Waals surface area contributed by atoms with E-state index in [4.69, 9.17) is 0 Å². The van der Waals surface area contributed by atoms with Gasteiger partial charge in [0.1, 0.15) is 5.82 Å². The van der Waals surface area contributed by atoms with Gasteiger partial charge in [-0.2, -0.15) is 0 Å². The zero-order valence-electron chi connectivity index (χ0n) is 5.95. The molecule has 1 aromatic heterocycles. The molecule has 0 saturated heterocycles. The molecule has 0 spiro atoms. The number of hydrogen-bond acceptors (Lipinski definition) is 1. The molecule has 1 aromatic rings. The van der Waals surface area contributed by atoms with Crippen molar-refractivity contribution >= 4 is 11.7 Å². The highest BCUT2D eigenvalue weighted by molar-refractivity contribution is 5.89. The Hall–Kier alpha value is -1.51. The second-order valence-corrected chi connectivity index (χ2v) is 2.43. The van der Waals surface area contributed by atoms with Gasteiger partial charge in [0.15, 0.2) is 0 Å². The maximum atomic E-state index is 10.8. The molecule has 0 aliphatic carbocycles. The molecule has 0 radical (unpaired) electrons. The first kappa shape index (κ1) is 6.22. The lowest BCUT2D eigenvalue weighted by Gasteiger charge is -2.02. The smallest absolute Gasteiger partial charge is 0.229 e. The van der Waals surface area contributed by atoms with E-state index in [0.717, 1.165) is 5.82 Å². The van der Waals surface area contributed by atoms with Crippen LogP contribution in [-0.4, -0.2) is 10.5 Å². The van der Waals surface area contributed by atoms with Crippen LogP contribution in [0, 0.1) is 0 Å². The molecule has 0 fully saturated rings. The van der Waals surface area contributed by atoms with Crippen LogP contribution >= 0.6 is 0 Å². The van der Waals surface area contributed by atoms with Gasteiger partial charge in [0.05, 0.1) is 0 Å². The Morgan fingerprint density at radius 3 is 2.64 bits per heavy atom. The van der Waals surface area contributed by atoms with Crippen LogP contribution in [0.3, 0.4) is 0 Å². The molecule has 0 bridgehead atoms. The Morgan fingerprint density at radius 2 is 2.09 bits per heavy atom. The standard InChI is InChI=1S/C8H8N2O/c11-8-4-3-7(9-8)10-5-1-2-6-10/h1-3,5-6H,4H2,(H,9,11). The summed E-state index contributed by atoms with van der Waals surface area (Å²) in [5.74, 6) is 0.925. The van der Waals surface area contributed by atoms with E-state index in [-0.39, 0.29) is 5.91 Å². The summed E-state index contributed by atoms with van der Waals surface area (Å²) < 4.78 is 1.88. The molecule has 1 aliphatic heterocycles. The second-order valence-electron chi connectivity index (χ2n) is 2.43. The minimum absolute atomic E-state index is 0.0636. The summed E-state index contributed by atoms with van der Waals surface area (Å²) in [4.78, 5) is 10.8. The largest absolute Gasteiger partial charge is 0.312 e. The van der Waals surface area contributed by atoms with Gasteiger partial charge in [-0.15, -0.1) is 0 Å². The fraction of sp³-hybridized carbons (Fsp3) is 0.125. The molecule has 11 heavy (non-hydrogen) atoms. The number of carbonyl (C=O) groups excluding carboxylic acids is 1. The van der Waals surface area contributed by atoms with Gasteiger partial charge in [-0.25, -0.2) is 0 Å². The summed E-state index contributed by atoms with van der Waals surface area (Å²) in [6, 6.07) is 3.84. The number of hydrogen-bond donors (Lipinski definition) is 1. The topological polar surface area (TPSA) is 34.0 Å². The third kappa shape index (κ3) is 1.05. The molecule has 0 aromatic carbocycles. The Bertz CT molecular complexity index is 298. The van der Waals surface area contributed by atoms with Gasteiger partial charge in [0, 0.05) is 18.8 Å². The molecule has 1 N–H and O–H groups in total. The highest BCUT2D eigenvalue weighted by atomic mass is 16.1. The molecule has 0 unspecified atom stereocenters. The van der Waals surface area contributed by atoms with E-state index in [1.54, 1.807) is 0 Å². The van der Waals surface area contributed by atoms with Crippen LogP contribution in [0.4, 0.5) is 0 Å². The predicted molar refractivity (Wildman–Crippen MR) is 41.5 cm³/mol. The lowest BCUT2D eigenvalue weighted by molar-refractivity contribution is -0.118. The molecular weight excluding hydrogens is 140 g/mol. The maximum absolute atomic E-state index is 10.8. The Balaban J connectivity index is 2.26. The molecule has 3 heteroatoms. The van der Waals surface area contributed by atoms with Gasteiger partial charge >= 0.3 is 0 Å². The molecule has 0 saturated carbocycles. The monoisotopic (exact) mass is 148 g/mol. The minimum atomic E-state index is 0.0636. The third-order valence-corrected chi connectivity index (χ3v) is 1.63. The first-order valence-electron chi connectivity index (χ1n) is 3.49. The van der Waals surface area contributed by atoms with Gasteiger partial charge in [-0.3, -0.25) is 4.79 Å². The second kappa shape index (κ2) is 2.27. The van der Waals surface area contributed by atoms with Gasteiger partial charge < -0.3 is 9.88 Å². The normalized spacial score (nSPS) is 16.4. The average Bonchev–Trinajstić information content (AvgIpc) is 2.55. The van der Waals surface area contributed by atoms with Crippen LogP contribution in [0.25, 0.3) is 5.82 Å². The van der Waals surface area contributed by atoms with Crippen LogP contribution in [0.15, 0.2) is 30.6 Å². The summed E-state index contributed by atoms with van der Waals surface area (Å²) in [6.45, 7) is 0. The van der Waals surface area contributed by atoms with E-state index in [0.29, 0.717) is 6.42 Å². The van der Waals surface area contributed by atoms with E-state index in [1.807, 2.05) is 35.2 Å². The van der Waals surface area contributed by atoms with Crippen LogP contribution < -0.4 is 5.32 Å². The molecule has 2 rings (SSSR count). The first-order chi connectivity index (χ1) is 5.36. The van der Waals surface area contributed by atoms with Crippen molar-refractivity contribution in [1.29, 1.82) is 0 Å². The molecule has 1 amide bonds. The first-order valence-corrected chi connectivity index (χ1v) is 3.49. The molecule has 0 atom stereocenters. The van der Waals surface area contributed by atoms with Crippen molar-refractivity contribution in [2.75, 3.05) is 0 Å². The van der Waals surface area contributed by atoms with Crippen molar-refractivity contribution in [3.8, 4) is 0 Å². The fourth-order valence-corrected chi connectivity index (χ4v) is 1.10. The van der Waals surface area contributed by atoms with Crippen LogP contribution in [0.2, 0.25) is 0 Å². The van der Waals surface area contributed by atoms with Gasteiger partial charge in [0.25, 0.3) is 0 Å². The number of aromatic nitrogens is 1. The summed E-state index contributed by atoms with van der Waals surface area (Å²) in [5, 5.41) is 2.74. The summed E-state index contributed by atoms with van der Waals surface area (Å²) in [5.41, 5.74) is 0. The zero-order valence-corrected chi connectivity index (χ0v) is 5.95. The molecule has 2 heterocycles. The van der Waals surface area contributed by atoms with E-state index in [1.165, 1.54) is 0 Å². The number of nitrogens with zero attached hydrogens (tertiary/aromatic N) is 1. The summed E-state index contributed by atoms with van der Waals surface area (Å²) >= 11 is 0. The lowest BCUT2D eigenvalue weighted by atomic mass is 10.4. The van der Waals surface area contributed by atoms with Crippen molar-refractivity contribution in [2.45, 2.75) is 6.42 Å². The zero-order chi connectivity index (χ0) is 7.68. The van der Waals surface area contributed by atoms with Gasteiger partial charge in [-0.1, -0.05) is 0 Å². The van der Waals surface area contributed by atoms with Crippen molar-refractivity contribution < 1.29 is 4.79 Å². The average molecular weight is 148 g/mol. The minimum Gasteiger partial charge on any atom is -0.312 e. The SMILES string of the molecule is O=C1CC=C(n2cccc2)N1. The highest BCUT2D eigenvalue weighted by Crippen LogP contribution is 2.08. The summed E-state index contributed by atoms with van der Waals surface area (Å²) in [6.07, 6.45) is 6.17. The Kier molecular flexibility index (Phi) is 1.28. The van der Waals surface area contributed by atoms with Gasteiger partial charge in [0.2, 0.25) is 5.91 Å². The number of nitrogens with one attached hydrogen (secondary N) is 1. The fourth-order valence-electron chi connectivity index (χ4n) is 1.10.